The Kier molecular flexibility index (Phi) is 6.87. The van der Waals surface area contributed by atoms with Gasteiger partial charge in [-0.1, -0.05) is 43.7 Å². The van der Waals surface area contributed by atoms with Gasteiger partial charge in [0, 0.05) is 6.07 Å². The fourth-order valence-corrected chi connectivity index (χ4v) is 2.58. The number of nitrogens with zero attached hydrogens (tertiary/aromatic N) is 1. The van der Waals surface area contributed by atoms with Gasteiger partial charge in [0.05, 0.1) is 16.5 Å². The van der Waals surface area contributed by atoms with Crippen molar-refractivity contribution in [2.75, 3.05) is 12.3 Å². The molecule has 0 fully saturated rings. The average Bonchev–Trinajstić information content (AvgIpc) is 2.66. The highest BCUT2D eigenvalue weighted by Gasteiger charge is 2.19. The Morgan fingerprint density at radius 2 is 1.93 bits per heavy atom. The first-order chi connectivity index (χ1) is 12.9. The lowest BCUT2D eigenvalue weighted by Gasteiger charge is -2.18. The van der Waals surface area contributed by atoms with Gasteiger partial charge in [0.15, 0.2) is 6.61 Å². The molecule has 0 saturated carbocycles. The van der Waals surface area contributed by atoms with Gasteiger partial charge in [-0.2, -0.15) is 0 Å². The van der Waals surface area contributed by atoms with Crippen LogP contribution in [0.1, 0.15) is 41.7 Å². The Hall–Kier alpha value is -3.42. The maximum atomic E-state index is 12.2. The van der Waals surface area contributed by atoms with E-state index in [0.717, 1.165) is 24.5 Å². The minimum absolute atomic E-state index is 0.0446. The molecule has 0 aliphatic rings. The summed E-state index contributed by atoms with van der Waals surface area (Å²) in [6.07, 6.45) is 1.61. The van der Waals surface area contributed by atoms with Crippen molar-refractivity contribution < 1.29 is 19.2 Å². The Morgan fingerprint density at radius 1 is 1.22 bits per heavy atom. The van der Waals surface area contributed by atoms with Crippen LogP contribution in [0.3, 0.4) is 0 Å². The number of nitrogens with two attached hydrogens (primary N) is 1. The fraction of sp³-hybridized carbons (Fsp3) is 0.263. The molecule has 0 radical (unpaired) electrons. The minimum atomic E-state index is -0.833. The van der Waals surface area contributed by atoms with Gasteiger partial charge in [-0.25, -0.2) is 4.79 Å². The molecule has 8 nitrogen and oxygen atoms in total. The second kappa shape index (κ2) is 9.33. The molecule has 27 heavy (non-hydrogen) atoms. The lowest BCUT2D eigenvalue weighted by molar-refractivity contribution is -0.383. The molecule has 1 unspecified atom stereocenters. The van der Waals surface area contributed by atoms with Crippen molar-refractivity contribution in [3.63, 3.8) is 0 Å². The van der Waals surface area contributed by atoms with Gasteiger partial charge in [-0.05, 0) is 24.1 Å². The third-order valence-corrected chi connectivity index (χ3v) is 3.91. The first kappa shape index (κ1) is 19.9. The molecule has 0 bridgehead atoms. The zero-order chi connectivity index (χ0) is 19.8. The number of hydrogen-bond donors (Lipinski definition) is 2. The third-order valence-electron chi connectivity index (χ3n) is 3.91. The van der Waals surface area contributed by atoms with Crippen LogP contribution >= 0.6 is 0 Å². The smallest absolute Gasteiger partial charge is 0.338 e. The van der Waals surface area contributed by atoms with Crippen molar-refractivity contribution in [2.24, 2.45) is 0 Å². The molecule has 3 N–H and O–H groups in total. The summed E-state index contributed by atoms with van der Waals surface area (Å²) >= 11 is 0. The van der Waals surface area contributed by atoms with Crippen LogP contribution in [0.4, 0.5) is 11.4 Å². The van der Waals surface area contributed by atoms with Gasteiger partial charge in [0.2, 0.25) is 0 Å². The number of amides is 1. The second-order valence-electron chi connectivity index (χ2n) is 5.93. The molecule has 0 aliphatic carbocycles. The van der Waals surface area contributed by atoms with Crippen molar-refractivity contribution >= 4 is 23.3 Å². The van der Waals surface area contributed by atoms with Gasteiger partial charge in [-0.3, -0.25) is 14.9 Å². The monoisotopic (exact) mass is 371 g/mol. The Bertz CT molecular complexity index is 823. The van der Waals surface area contributed by atoms with Crippen molar-refractivity contribution in [2.45, 2.75) is 25.8 Å². The van der Waals surface area contributed by atoms with Gasteiger partial charge in [-0.15, -0.1) is 0 Å². The molecule has 142 valence electrons. The predicted molar refractivity (Wildman–Crippen MR) is 100 cm³/mol. The zero-order valence-corrected chi connectivity index (χ0v) is 14.9. The number of hydrogen-bond acceptors (Lipinski definition) is 6. The average molecular weight is 371 g/mol. The number of ether oxygens (including phenoxy) is 1. The minimum Gasteiger partial charge on any atom is -0.452 e. The van der Waals surface area contributed by atoms with E-state index < -0.39 is 23.4 Å². The van der Waals surface area contributed by atoms with E-state index >= 15 is 0 Å². The summed E-state index contributed by atoms with van der Waals surface area (Å²) in [4.78, 5) is 34.4. The van der Waals surface area contributed by atoms with E-state index in [0.29, 0.717) is 0 Å². The van der Waals surface area contributed by atoms with Crippen molar-refractivity contribution in [3.8, 4) is 0 Å². The molecule has 1 amide bonds. The van der Waals surface area contributed by atoms with E-state index in [-0.39, 0.29) is 23.0 Å². The summed E-state index contributed by atoms with van der Waals surface area (Å²) < 4.78 is 4.96. The van der Waals surface area contributed by atoms with Crippen LogP contribution in [0.2, 0.25) is 0 Å². The van der Waals surface area contributed by atoms with Crippen LogP contribution in [0.15, 0.2) is 48.5 Å². The van der Waals surface area contributed by atoms with E-state index in [1.807, 2.05) is 37.3 Å². The molecule has 0 spiro atoms. The molecular formula is C19H21N3O5. The van der Waals surface area contributed by atoms with E-state index in [2.05, 4.69) is 5.32 Å². The summed E-state index contributed by atoms with van der Waals surface area (Å²) in [5, 5.41) is 13.7. The van der Waals surface area contributed by atoms with Crippen molar-refractivity contribution in [1.29, 1.82) is 0 Å². The van der Waals surface area contributed by atoms with E-state index in [1.165, 1.54) is 12.1 Å². The Labute approximate surface area is 156 Å². The number of benzene rings is 2. The summed E-state index contributed by atoms with van der Waals surface area (Å²) in [5.41, 5.74) is 5.97. The SMILES string of the molecule is CCCC(NC(=O)COC(=O)c1ccc(N)c([N+](=O)[O-])c1)c1ccccc1. The summed E-state index contributed by atoms with van der Waals surface area (Å²) in [6, 6.07) is 12.9. The van der Waals surface area contributed by atoms with Gasteiger partial charge < -0.3 is 15.8 Å². The zero-order valence-electron chi connectivity index (χ0n) is 14.9. The van der Waals surface area contributed by atoms with Gasteiger partial charge in [0.25, 0.3) is 11.6 Å². The number of nitro benzene ring substituents is 1. The quantitative estimate of drug-likeness (QED) is 0.318. The second-order valence-corrected chi connectivity index (χ2v) is 5.93. The maximum Gasteiger partial charge on any atom is 0.338 e. The summed E-state index contributed by atoms with van der Waals surface area (Å²) in [6.45, 7) is 1.53. The Balaban J connectivity index is 1.97. The molecule has 2 rings (SSSR count). The predicted octanol–water partition coefficient (Wildman–Crippen LogP) is 2.99. The normalized spacial score (nSPS) is 11.4. The summed E-state index contributed by atoms with van der Waals surface area (Å²) in [7, 11) is 0. The van der Waals surface area contributed by atoms with Crippen LogP contribution < -0.4 is 11.1 Å². The lowest BCUT2D eigenvalue weighted by Crippen LogP contribution is -2.32. The number of nitro groups is 1. The number of anilines is 1. The first-order valence-electron chi connectivity index (χ1n) is 8.47. The molecule has 0 aliphatic heterocycles. The Morgan fingerprint density at radius 3 is 2.56 bits per heavy atom. The number of esters is 1. The molecule has 0 heterocycles. The molecular weight excluding hydrogens is 350 g/mol. The molecule has 8 heteroatoms. The van der Waals surface area contributed by atoms with Gasteiger partial charge >= 0.3 is 5.97 Å². The molecule has 0 saturated heterocycles. The topological polar surface area (TPSA) is 125 Å². The van der Waals surface area contributed by atoms with Crippen LogP contribution in [0.5, 0.6) is 0 Å². The van der Waals surface area contributed by atoms with E-state index in [1.54, 1.807) is 0 Å². The van der Waals surface area contributed by atoms with Crippen LogP contribution in [0.25, 0.3) is 0 Å². The number of nitrogens with one attached hydrogen (secondary N) is 1. The highest BCUT2D eigenvalue weighted by atomic mass is 16.6. The van der Waals surface area contributed by atoms with E-state index in [4.69, 9.17) is 10.5 Å². The largest absolute Gasteiger partial charge is 0.452 e. The highest BCUT2D eigenvalue weighted by molar-refractivity contribution is 5.92. The highest BCUT2D eigenvalue weighted by Crippen LogP contribution is 2.23. The maximum absolute atomic E-state index is 12.2. The standard InChI is InChI=1S/C19H21N3O5/c1-2-6-16(13-7-4-3-5-8-13)21-18(23)12-27-19(24)14-9-10-15(20)17(11-14)22(25)26/h3-5,7-11,16H,2,6,12,20H2,1H3,(H,21,23). The molecule has 0 aromatic heterocycles. The molecule has 2 aromatic carbocycles. The van der Waals surface area contributed by atoms with Crippen LogP contribution in [-0.2, 0) is 9.53 Å². The number of carbonyl (C=O) groups is 2. The van der Waals surface area contributed by atoms with Crippen molar-refractivity contribution in [3.05, 3.63) is 69.8 Å². The van der Waals surface area contributed by atoms with Crippen LogP contribution in [-0.4, -0.2) is 23.4 Å². The summed E-state index contributed by atoms with van der Waals surface area (Å²) in [5.74, 6) is -1.28. The van der Waals surface area contributed by atoms with Crippen molar-refractivity contribution in [1.82, 2.24) is 5.32 Å². The number of nitrogen functional groups attached to an aromatic ring is 1. The first-order valence-corrected chi connectivity index (χ1v) is 8.47. The third kappa shape index (κ3) is 5.53. The number of rotatable bonds is 8. The molecule has 1 atom stereocenters. The van der Waals surface area contributed by atoms with E-state index in [9.17, 15) is 19.7 Å². The molecule has 2 aromatic rings. The van der Waals surface area contributed by atoms with Crippen LogP contribution in [0, 0.1) is 10.1 Å². The van der Waals surface area contributed by atoms with Gasteiger partial charge in [0.1, 0.15) is 5.69 Å². The number of carbonyl (C=O) groups excluding carboxylic acids is 2. The fourth-order valence-electron chi connectivity index (χ4n) is 2.58. The lowest BCUT2D eigenvalue weighted by atomic mass is 10.0.